The highest BCUT2D eigenvalue weighted by Crippen LogP contribution is 2.39. The van der Waals surface area contributed by atoms with Crippen molar-refractivity contribution in [1.82, 2.24) is 0 Å². The van der Waals surface area contributed by atoms with Crippen molar-refractivity contribution < 1.29 is 23.7 Å². The minimum Gasteiger partial charge on any atom is -0.623 e. The summed E-state index contributed by atoms with van der Waals surface area (Å²) in [5, 5.41) is 12.5. The molecule has 3 aliphatic heterocycles. The molecule has 2 saturated heterocycles. The van der Waals surface area contributed by atoms with Crippen LogP contribution in [0.1, 0.15) is 27.7 Å². The zero-order valence-corrected chi connectivity index (χ0v) is 12.3. The maximum Gasteiger partial charge on any atom is 0.220 e. The summed E-state index contributed by atoms with van der Waals surface area (Å²) in [5.74, 6) is -1.38. The van der Waals surface area contributed by atoms with Crippen molar-refractivity contribution in [2.75, 3.05) is 6.61 Å². The second-order valence-corrected chi connectivity index (χ2v) is 6.33. The minimum absolute atomic E-state index is 0.343. The summed E-state index contributed by atoms with van der Waals surface area (Å²) in [4.78, 5) is 0. The zero-order valence-electron chi connectivity index (χ0n) is 12.3. The summed E-state index contributed by atoms with van der Waals surface area (Å²) in [7, 11) is 0. The quantitative estimate of drug-likeness (QED) is 0.562. The predicted molar refractivity (Wildman–Crippen MR) is 71.3 cm³/mol. The first-order valence-electron chi connectivity index (χ1n) is 6.87. The number of rotatable bonds is 2. The van der Waals surface area contributed by atoms with Crippen LogP contribution in [0.25, 0.3) is 0 Å². The summed E-state index contributed by atoms with van der Waals surface area (Å²) in [5.41, 5.74) is 0.499. The van der Waals surface area contributed by atoms with Gasteiger partial charge in [-0.25, -0.2) is 0 Å². The number of ether oxygens (including phenoxy) is 4. The van der Waals surface area contributed by atoms with Gasteiger partial charge in [-0.1, -0.05) is 6.58 Å². The average molecular weight is 283 g/mol. The van der Waals surface area contributed by atoms with Gasteiger partial charge in [0.25, 0.3) is 0 Å². The molecule has 0 N–H and O–H groups in total. The van der Waals surface area contributed by atoms with Crippen LogP contribution in [-0.4, -0.2) is 53.0 Å². The molecule has 0 aliphatic carbocycles. The summed E-state index contributed by atoms with van der Waals surface area (Å²) in [6, 6.07) is -0.475. The molecule has 6 nitrogen and oxygen atoms in total. The lowest BCUT2D eigenvalue weighted by atomic mass is 10.0. The molecule has 0 aromatic carbocycles. The largest absolute Gasteiger partial charge is 0.623 e. The van der Waals surface area contributed by atoms with E-state index in [0.717, 1.165) is 4.74 Å². The van der Waals surface area contributed by atoms with E-state index in [1.54, 1.807) is 0 Å². The molecule has 20 heavy (non-hydrogen) atoms. The van der Waals surface area contributed by atoms with Crippen LogP contribution in [-0.2, 0) is 18.9 Å². The molecule has 3 heterocycles. The topological polar surface area (TPSA) is 63.0 Å². The minimum atomic E-state index is -0.710. The van der Waals surface area contributed by atoms with Crippen LogP contribution in [0.15, 0.2) is 12.7 Å². The fourth-order valence-corrected chi connectivity index (χ4v) is 3.15. The van der Waals surface area contributed by atoms with Crippen LogP contribution in [0, 0.1) is 5.21 Å². The fraction of sp³-hybridized carbons (Fsp3) is 0.786. The SMILES string of the molecule is C=CC1=[N+]([O-])[C@@H]([C@@H]2COC(C)(C)O2)[C@@H]2OC(C)(C)O[C@H]12. The molecule has 0 amide bonds. The standard InChI is InChI=1S/C14H21NO5/c1-6-8-11-12(20-14(4,5)19-11)10(15(8)16)9-7-17-13(2,3)18-9/h6,9-12H,1,7H2,2-5H3/t9-,10-,11+,12-/m0/s1. The molecule has 3 aliphatic rings. The lowest BCUT2D eigenvalue weighted by Crippen LogP contribution is -2.45. The Morgan fingerprint density at radius 3 is 2.45 bits per heavy atom. The van der Waals surface area contributed by atoms with E-state index < -0.39 is 23.7 Å². The highest BCUT2D eigenvalue weighted by molar-refractivity contribution is 5.96. The number of hydroxylamine groups is 1. The van der Waals surface area contributed by atoms with E-state index in [4.69, 9.17) is 18.9 Å². The number of fused-ring (bicyclic) bond motifs is 1. The molecule has 0 saturated carbocycles. The Bertz CT molecular complexity index is 470. The van der Waals surface area contributed by atoms with Crippen LogP contribution in [0.4, 0.5) is 0 Å². The molecule has 0 bridgehead atoms. The lowest BCUT2D eigenvalue weighted by Gasteiger charge is -2.25. The Hall–Kier alpha value is -0.950. The van der Waals surface area contributed by atoms with Gasteiger partial charge in [-0.3, -0.25) is 0 Å². The maximum absolute atomic E-state index is 12.5. The number of nitrogens with zero attached hydrogens (tertiary/aromatic N) is 1. The van der Waals surface area contributed by atoms with Crippen LogP contribution in [0.2, 0.25) is 0 Å². The van der Waals surface area contributed by atoms with Crippen molar-refractivity contribution in [3.63, 3.8) is 0 Å². The Kier molecular flexibility index (Phi) is 2.99. The van der Waals surface area contributed by atoms with E-state index in [-0.39, 0.29) is 12.2 Å². The maximum atomic E-state index is 12.5. The van der Waals surface area contributed by atoms with Gasteiger partial charge in [0.05, 0.1) is 6.61 Å². The van der Waals surface area contributed by atoms with Crippen LogP contribution < -0.4 is 0 Å². The van der Waals surface area contributed by atoms with Gasteiger partial charge < -0.3 is 24.2 Å². The van der Waals surface area contributed by atoms with Gasteiger partial charge in [0.15, 0.2) is 23.8 Å². The third-order valence-corrected chi connectivity index (χ3v) is 3.90. The second-order valence-electron chi connectivity index (χ2n) is 6.33. The van der Waals surface area contributed by atoms with Crippen LogP contribution >= 0.6 is 0 Å². The summed E-state index contributed by atoms with van der Waals surface area (Å²) < 4.78 is 24.0. The first kappa shape index (κ1) is 14.0. The van der Waals surface area contributed by atoms with E-state index in [2.05, 4.69) is 6.58 Å². The summed E-state index contributed by atoms with van der Waals surface area (Å²) in [6.07, 6.45) is 0.441. The van der Waals surface area contributed by atoms with Crippen molar-refractivity contribution in [1.29, 1.82) is 0 Å². The van der Waals surface area contributed by atoms with E-state index in [9.17, 15) is 5.21 Å². The van der Waals surface area contributed by atoms with Gasteiger partial charge in [-0.15, -0.1) is 0 Å². The average Bonchev–Trinajstić information content (AvgIpc) is 2.88. The predicted octanol–water partition coefficient (Wildman–Crippen LogP) is 1.18. The van der Waals surface area contributed by atoms with Gasteiger partial charge >= 0.3 is 0 Å². The highest BCUT2D eigenvalue weighted by Gasteiger charge is 2.61. The van der Waals surface area contributed by atoms with Crippen molar-refractivity contribution >= 4 is 5.71 Å². The highest BCUT2D eigenvalue weighted by atomic mass is 16.8. The summed E-state index contributed by atoms with van der Waals surface area (Å²) in [6.45, 7) is 11.4. The normalized spacial score (nSPS) is 42.0. The molecule has 0 unspecified atom stereocenters. The van der Waals surface area contributed by atoms with Crippen molar-refractivity contribution in [3.8, 4) is 0 Å². The monoisotopic (exact) mass is 283 g/mol. The third-order valence-electron chi connectivity index (χ3n) is 3.90. The molecule has 2 fully saturated rings. The first-order valence-corrected chi connectivity index (χ1v) is 6.87. The van der Waals surface area contributed by atoms with Crippen molar-refractivity contribution in [2.45, 2.75) is 63.6 Å². The smallest absolute Gasteiger partial charge is 0.220 e. The Labute approximate surface area is 118 Å². The van der Waals surface area contributed by atoms with Gasteiger partial charge in [0.1, 0.15) is 6.10 Å². The van der Waals surface area contributed by atoms with Crippen molar-refractivity contribution in [3.05, 3.63) is 17.9 Å². The molecule has 4 atom stereocenters. The lowest BCUT2D eigenvalue weighted by molar-refractivity contribution is -0.517. The molecule has 0 radical (unpaired) electrons. The molecule has 6 heteroatoms. The van der Waals surface area contributed by atoms with Gasteiger partial charge in [-0.2, -0.15) is 4.74 Å². The first-order chi connectivity index (χ1) is 9.24. The molecule has 0 spiro atoms. The second kappa shape index (κ2) is 4.27. The Morgan fingerprint density at radius 2 is 1.90 bits per heavy atom. The third kappa shape index (κ3) is 2.07. The molecular formula is C14H21NO5. The van der Waals surface area contributed by atoms with Crippen LogP contribution in [0.3, 0.4) is 0 Å². The molecule has 3 rings (SSSR count). The number of hydrogen-bond acceptors (Lipinski definition) is 5. The molecular weight excluding hydrogens is 262 g/mol. The summed E-state index contributed by atoms with van der Waals surface area (Å²) >= 11 is 0. The van der Waals surface area contributed by atoms with E-state index in [1.165, 1.54) is 6.08 Å². The molecule has 112 valence electrons. The van der Waals surface area contributed by atoms with Gasteiger partial charge in [-0.05, 0) is 27.7 Å². The van der Waals surface area contributed by atoms with Gasteiger partial charge in [0, 0.05) is 6.08 Å². The zero-order chi connectivity index (χ0) is 14.7. The molecule has 0 aromatic heterocycles. The van der Waals surface area contributed by atoms with Crippen LogP contribution in [0.5, 0.6) is 0 Å². The molecule has 0 aromatic rings. The Balaban J connectivity index is 1.90. The van der Waals surface area contributed by atoms with Crippen molar-refractivity contribution in [2.24, 2.45) is 0 Å². The van der Waals surface area contributed by atoms with E-state index >= 15 is 0 Å². The van der Waals surface area contributed by atoms with E-state index in [0.29, 0.717) is 12.3 Å². The van der Waals surface area contributed by atoms with E-state index in [1.807, 2.05) is 27.7 Å². The Morgan fingerprint density at radius 1 is 1.20 bits per heavy atom. The number of hydrogen-bond donors (Lipinski definition) is 0. The fourth-order valence-electron chi connectivity index (χ4n) is 3.15. The van der Waals surface area contributed by atoms with Gasteiger partial charge in [0.2, 0.25) is 11.8 Å².